The Balaban J connectivity index is 2.04. The van der Waals surface area contributed by atoms with Gasteiger partial charge in [-0.25, -0.2) is 5.32 Å². The molecule has 1 radical (unpaired) electrons. The zero-order valence-electron chi connectivity index (χ0n) is 4.69. The summed E-state index contributed by atoms with van der Waals surface area (Å²) in [5.41, 5.74) is 0. The monoisotopic (exact) mass is 98.1 g/mol. The van der Waals surface area contributed by atoms with E-state index in [0.717, 1.165) is 13.1 Å². The SMILES string of the molecule is C1CCC[N]CC1. The van der Waals surface area contributed by atoms with Crippen LogP contribution in [0.2, 0.25) is 0 Å². The summed E-state index contributed by atoms with van der Waals surface area (Å²) in [7, 11) is 0. The Morgan fingerprint density at radius 2 is 1.29 bits per heavy atom. The highest BCUT2D eigenvalue weighted by atomic mass is 14.8. The second kappa shape index (κ2) is 3.03. The molecule has 0 spiro atoms. The lowest BCUT2D eigenvalue weighted by Crippen LogP contribution is -2.03. The van der Waals surface area contributed by atoms with E-state index in [9.17, 15) is 0 Å². The molecule has 0 unspecified atom stereocenters. The molecule has 41 valence electrons. The standard InChI is InChI=1S/C6H12N/c1-2-4-6-7-5-3-1/h1-6H2. The topological polar surface area (TPSA) is 14.1 Å². The van der Waals surface area contributed by atoms with Crippen molar-refractivity contribution < 1.29 is 0 Å². The van der Waals surface area contributed by atoms with Crippen molar-refractivity contribution in [2.75, 3.05) is 13.1 Å². The summed E-state index contributed by atoms with van der Waals surface area (Å²) in [6, 6.07) is 0. The van der Waals surface area contributed by atoms with Gasteiger partial charge < -0.3 is 0 Å². The fourth-order valence-electron chi connectivity index (χ4n) is 0.913. The van der Waals surface area contributed by atoms with Gasteiger partial charge in [0.2, 0.25) is 0 Å². The molecular formula is C6H12N. The van der Waals surface area contributed by atoms with Crippen LogP contribution in [0.25, 0.3) is 0 Å². The van der Waals surface area contributed by atoms with Gasteiger partial charge in [-0.1, -0.05) is 12.8 Å². The number of hydrogen-bond acceptors (Lipinski definition) is 0. The Bertz CT molecular complexity index is 23.8. The summed E-state index contributed by atoms with van der Waals surface area (Å²) in [4.78, 5) is 0. The fourth-order valence-corrected chi connectivity index (χ4v) is 0.913. The van der Waals surface area contributed by atoms with Crippen LogP contribution in [0.4, 0.5) is 0 Å². The molecule has 0 atom stereocenters. The third-order valence-corrected chi connectivity index (χ3v) is 1.38. The predicted molar refractivity (Wildman–Crippen MR) is 30.3 cm³/mol. The van der Waals surface area contributed by atoms with Crippen LogP contribution in [0.1, 0.15) is 25.7 Å². The van der Waals surface area contributed by atoms with Gasteiger partial charge in [0.15, 0.2) is 0 Å². The minimum atomic E-state index is 1.12. The molecule has 0 aromatic rings. The quantitative estimate of drug-likeness (QED) is 0.431. The third-order valence-electron chi connectivity index (χ3n) is 1.38. The van der Waals surface area contributed by atoms with Gasteiger partial charge in [-0.2, -0.15) is 0 Å². The molecule has 1 fully saturated rings. The molecule has 0 N–H and O–H groups in total. The van der Waals surface area contributed by atoms with E-state index in [1.807, 2.05) is 0 Å². The second-order valence-corrected chi connectivity index (χ2v) is 2.09. The van der Waals surface area contributed by atoms with E-state index in [-0.39, 0.29) is 0 Å². The van der Waals surface area contributed by atoms with Crippen LogP contribution in [0.3, 0.4) is 0 Å². The smallest absolute Gasteiger partial charge is 0.0133 e. The molecule has 1 heterocycles. The Labute approximate surface area is 45.1 Å². The maximum atomic E-state index is 4.27. The van der Waals surface area contributed by atoms with E-state index in [2.05, 4.69) is 5.32 Å². The average molecular weight is 98.2 g/mol. The van der Waals surface area contributed by atoms with E-state index in [1.165, 1.54) is 25.7 Å². The lowest BCUT2D eigenvalue weighted by molar-refractivity contribution is 0.688. The molecule has 7 heavy (non-hydrogen) atoms. The molecule has 1 aliphatic heterocycles. The molecule has 1 saturated heterocycles. The van der Waals surface area contributed by atoms with Crippen molar-refractivity contribution in [1.29, 1.82) is 0 Å². The Morgan fingerprint density at radius 1 is 0.714 bits per heavy atom. The first-order valence-electron chi connectivity index (χ1n) is 3.13. The molecular weight excluding hydrogens is 86.1 g/mol. The predicted octanol–water partition coefficient (Wildman–Crippen LogP) is 1.16. The molecule has 0 aliphatic carbocycles. The lowest BCUT2D eigenvalue weighted by atomic mass is 10.2. The number of hydrogen-bond donors (Lipinski definition) is 0. The van der Waals surface area contributed by atoms with Crippen molar-refractivity contribution in [3.63, 3.8) is 0 Å². The average Bonchev–Trinajstić information content (AvgIpc) is 1.90. The van der Waals surface area contributed by atoms with E-state index >= 15 is 0 Å². The first-order chi connectivity index (χ1) is 3.50. The minimum Gasteiger partial charge on any atom is -0.242 e. The van der Waals surface area contributed by atoms with Crippen molar-refractivity contribution in [3.05, 3.63) is 0 Å². The molecule has 1 rings (SSSR count). The highest BCUT2D eigenvalue weighted by molar-refractivity contribution is 4.54. The third kappa shape index (κ3) is 1.93. The zero-order chi connectivity index (χ0) is 4.95. The molecule has 0 aromatic carbocycles. The van der Waals surface area contributed by atoms with Gasteiger partial charge in [0.25, 0.3) is 0 Å². The van der Waals surface area contributed by atoms with Gasteiger partial charge in [-0.3, -0.25) is 0 Å². The van der Waals surface area contributed by atoms with Gasteiger partial charge in [-0.05, 0) is 12.8 Å². The first-order valence-corrected chi connectivity index (χ1v) is 3.13. The normalized spacial score (nSPS) is 24.0. The van der Waals surface area contributed by atoms with Crippen molar-refractivity contribution in [2.24, 2.45) is 0 Å². The fraction of sp³-hybridized carbons (Fsp3) is 1.00. The summed E-state index contributed by atoms with van der Waals surface area (Å²) < 4.78 is 0. The second-order valence-electron chi connectivity index (χ2n) is 2.09. The van der Waals surface area contributed by atoms with Crippen LogP contribution in [-0.2, 0) is 0 Å². The van der Waals surface area contributed by atoms with Crippen LogP contribution in [0.15, 0.2) is 0 Å². The van der Waals surface area contributed by atoms with Crippen LogP contribution < -0.4 is 5.32 Å². The Morgan fingerprint density at radius 3 is 1.86 bits per heavy atom. The minimum absolute atomic E-state index is 1.12. The van der Waals surface area contributed by atoms with Crippen molar-refractivity contribution in [3.8, 4) is 0 Å². The summed E-state index contributed by atoms with van der Waals surface area (Å²) in [5.74, 6) is 0. The van der Waals surface area contributed by atoms with Crippen molar-refractivity contribution in [1.82, 2.24) is 5.32 Å². The van der Waals surface area contributed by atoms with Crippen LogP contribution in [0.5, 0.6) is 0 Å². The van der Waals surface area contributed by atoms with Gasteiger partial charge in [0.05, 0.1) is 0 Å². The molecule has 1 aliphatic rings. The molecule has 1 nitrogen and oxygen atoms in total. The van der Waals surface area contributed by atoms with Gasteiger partial charge in [0, 0.05) is 13.1 Å². The van der Waals surface area contributed by atoms with Crippen LogP contribution in [0, 0.1) is 0 Å². The lowest BCUT2D eigenvalue weighted by Gasteiger charge is -1.88. The van der Waals surface area contributed by atoms with E-state index in [1.54, 1.807) is 0 Å². The summed E-state index contributed by atoms with van der Waals surface area (Å²) in [5, 5.41) is 4.27. The van der Waals surface area contributed by atoms with E-state index < -0.39 is 0 Å². The molecule has 1 heteroatoms. The van der Waals surface area contributed by atoms with E-state index in [0.29, 0.717) is 0 Å². The summed E-state index contributed by atoms with van der Waals surface area (Å²) in [6.07, 6.45) is 5.48. The van der Waals surface area contributed by atoms with Crippen LogP contribution >= 0.6 is 0 Å². The van der Waals surface area contributed by atoms with Crippen molar-refractivity contribution in [2.45, 2.75) is 25.7 Å². The number of rotatable bonds is 0. The summed E-state index contributed by atoms with van der Waals surface area (Å²) in [6.45, 7) is 2.25. The highest BCUT2D eigenvalue weighted by Crippen LogP contribution is 2.01. The summed E-state index contributed by atoms with van der Waals surface area (Å²) >= 11 is 0. The first kappa shape index (κ1) is 5.10. The molecule has 0 amide bonds. The van der Waals surface area contributed by atoms with Crippen LogP contribution in [-0.4, -0.2) is 13.1 Å². The Hall–Kier alpha value is -0.0400. The Kier molecular flexibility index (Phi) is 2.21. The maximum Gasteiger partial charge on any atom is 0.0133 e. The van der Waals surface area contributed by atoms with E-state index in [4.69, 9.17) is 0 Å². The molecule has 0 aromatic heterocycles. The largest absolute Gasteiger partial charge is 0.242 e. The van der Waals surface area contributed by atoms with Gasteiger partial charge in [-0.15, -0.1) is 0 Å². The van der Waals surface area contributed by atoms with Crippen molar-refractivity contribution >= 4 is 0 Å². The number of nitrogens with zero attached hydrogens (tertiary/aromatic N) is 1. The molecule has 0 bridgehead atoms. The maximum absolute atomic E-state index is 4.27. The highest BCUT2D eigenvalue weighted by Gasteiger charge is 1.95. The molecule has 0 saturated carbocycles. The van der Waals surface area contributed by atoms with Gasteiger partial charge >= 0.3 is 0 Å². The zero-order valence-corrected chi connectivity index (χ0v) is 4.69. The van der Waals surface area contributed by atoms with Gasteiger partial charge in [0.1, 0.15) is 0 Å².